The van der Waals surface area contributed by atoms with E-state index in [1.54, 1.807) is 13.0 Å². The molecule has 0 aromatic rings. The first-order valence-corrected chi connectivity index (χ1v) is 3.26. The molecule has 0 aliphatic rings. The number of nitriles is 1. The van der Waals surface area contributed by atoms with Crippen LogP contribution in [0.1, 0.15) is 20.3 Å². The molecular formula is C7H11NO2. The van der Waals surface area contributed by atoms with Crippen molar-refractivity contribution in [2.45, 2.75) is 20.3 Å². The van der Waals surface area contributed by atoms with Crippen LogP contribution >= 0.6 is 0 Å². The number of carbonyl (C=O) groups is 1. The van der Waals surface area contributed by atoms with Crippen LogP contribution in [0.3, 0.4) is 0 Å². The summed E-state index contributed by atoms with van der Waals surface area (Å²) in [5.74, 6) is -0.377. The molecule has 0 aromatic carbocycles. The summed E-state index contributed by atoms with van der Waals surface area (Å²) in [5, 5.41) is 8.04. The fourth-order valence-electron chi connectivity index (χ4n) is 0.412. The van der Waals surface area contributed by atoms with Gasteiger partial charge in [0.25, 0.3) is 0 Å². The van der Waals surface area contributed by atoms with Crippen LogP contribution in [0.4, 0.5) is 0 Å². The van der Waals surface area contributed by atoms with Crippen molar-refractivity contribution in [2.24, 2.45) is 5.92 Å². The van der Waals surface area contributed by atoms with Crippen LogP contribution in [0.25, 0.3) is 0 Å². The number of carbonyl (C=O) groups excluding carboxylic acids is 1. The predicted octanol–water partition coefficient (Wildman–Crippen LogP) is 1.10. The minimum absolute atomic E-state index is 0.0895. The van der Waals surface area contributed by atoms with E-state index in [9.17, 15) is 4.79 Å². The number of ether oxygens (including phenoxy) is 1. The summed E-state index contributed by atoms with van der Waals surface area (Å²) in [5.41, 5.74) is 0. The molecule has 0 unspecified atom stereocenters. The Balaban J connectivity index is 3.54. The van der Waals surface area contributed by atoms with E-state index in [1.807, 2.05) is 6.92 Å². The van der Waals surface area contributed by atoms with E-state index < -0.39 is 0 Å². The topological polar surface area (TPSA) is 50.1 Å². The zero-order valence-corrected chi connectivity index (χ0v) is 6.26. The second-order valence-electron chi connectivity index (χ2n) is 2.08. The van der Waals surface area contributed by atoms with Crippen molar-refractivity contribution in [3.05, 3.63) is 0 Å². The molecule has 0 rings (SSSR count). The van der Waals surface area contributed by atoms with Crippen molar-refractivity contribution in [2.75, 3.05) is 6.61 Å². The minimum Gasteiger partial charge on any atom is -0.450 e. The molecule has 0 fully saturated rings. The third-order valence-corrected chi connectivity index (χ3v) is 1.29. The normalized spacial score (nSPS) is 11.7. The lowest BCUT2D eigenvalue weighted by atomic mass is 10.1. The number of hydrogen-bond acceptors (Lipinski definition) is 3. The van der Waals surface area contributed by atoms with Gasteiger partial charge in [0.2, 0.25) is 0 Å². The highest BCUT2D eigenvalue weighted by Gasteiger charge is 2.10. The molecule has 0 aromatic heterocycles. The SMILES string of the molecule is CC[C@H](C)C(=O)OCC#N. The fourth-order valence-corrected chi connectivity index (χ4v) is 0.412. The van der Waals surface area contributed by atoms with E-state index in [1.165, 1.54) is 0 Å². The average molecular weight is 141 g/mol. The Labute approximate surface area is 60.6 Å². The highest BCUT2D eigenvalue weighted by atomic mass is 16.5. The molecule has 0 saturated heterocycles. The van der Waals surface area contributed by atoms with Crippen LogP contribution in [0.5, 0.6) is 0 Å². The molecule has 0 aliphatic heterocycles. The van der Waals surface area contributed by atoms with Gasteiger partial charge in [-0.2, -0.15) is 5.26 Å². The Hall–Kier alpha value is -1.04. The van der Waals surface area contributed by atoms with E-state index >= 15 is 0 Å². The van der Waals surface area contributed by atoms with Crippen LogP contribution in [0.2, 0.25) is 0 Å². The number of nitrogens with zero attached hydrogens (tertiary/aromatic N) is 1. The molecule has 10 heavy (non-hydrogen) atoms. The second kappa shape index (κ2) is 4.80. The van der Waals surface area contributed by atoms with Crippen LogP contribution in [0.15, 0.2) is 0 Å². The van der Waals surface area contributed by atoms with Gasteiger partial charge < -0.3 is 4.74 Å². The van der Waals surface area contributed by atoms with Crippen LogP contribution in [-0.4, -0.2) is 12.6 Å². The van der Waals surface area contributed by atoms with Crippen molar-refractivity contribution < 1.29 is 9.53 Å². The lowest BCUT2D eigenvalue weighted by molar-refractivity contribution is -0.146. The maximum absolute atomic E-state index is 10.8. The summed E-state index contributed by atoms with van der Waals surface area (Å²) >= 11 is 0. The van der Waals surface area contributed by atoms with Gasteiger partial charge in [0.1, 0.15) is 6.07 Å². The van der Waals surface area contributed by atoms with E-state index in [4.69, 9.17) is 5.26 Å². The molecule has 0 spiro atoms. The molecule has 56 valence electrons. The van der Waals surface area contributed by atoms with Crippen molar-refractivity contribution in [3.8, 4) is 6.07 Å². The molecule has 0 aliphatic carbocycles. The molecule has 0 bridgehead atoms. The van der Waals surface area contributed by atoms with E-state index in [0.29, 0.717) is 0 Å². The Morgan fingerprint density at radius 2 is 2.40 bits per heavy atom. The standard InChI is InChI=1S/C7H11NO2/c1-3-6(2)7(9)10-5-4-8/h6H,3,5H2,1-2H3/t6-/m0/s1. The van der Waals surface area contributed by atoms with Crippen molar-refractivity contribution in [3.63, 3.8) is 0 Å². The smallest absolute Gasteiger partial charge is 0.309 e. The average Bonchev–Trinajstić information content (AvgIpc) is 1.98. The van der Waals surface area contributed by atoms with Gasteiger partial charge in [-0.1, -0.05) is 13.8 Å². The minimum atomic E-state index is -0.288. The summed E-state index contributed by atoms with van der Waals surface area (Å²) in [4.78, 5) is 10.8. The first-order valence-electron chi connectivity index (χ1n) is 3.26. The third-order valence-electron chi connectivity index (χ3n) is 1.29. The van der Waals surface area contributed by atoms with Gasteiger partial charge in [-0.3, -0.25) is 4.79 Å². The van der Waals surface area contributed by atoms with Gasteiger partial charge in [0, 0.05) is 0 Å². The maximum Gasteiger partial charge on any atom is 0.309 e. The largest absolute Gasteiger partial charge is 0.450 e. The van der Waals surface area contributed by atoms with Crippen molar-refractivity contribution >= 4 is 5.97 Å². The molecule has 0 radical (unpaired) electrons. The molecule has 0 N–H and O–H groups in total. The van der Waals surface area contributed by atoms with Gasteiger partial charge >= 0.3 is 5.97 Å². The zero-order valence-electron chi connectivity index (χ0n) is 6.26. The molecule has 1 atom stereocenters. The highest BCUT2D eigenvalue weighted by molar-refractivity contribution is 5.71. The summed E-state index contributed by atoms with van der Waals surface area (Å²) in [7, 11) is 0. The van der Waals surface area contributed by atoms with Crippen molar-refractivity contribution in [1.82, 2.24) is 0 Å². The number of hydrogen-bond donors (Lipinski definition) is 0. The first-order chi connectivity index (χ1) is 4.72. The lowest BCUT2D eigenvalue weighted by Gasteiger charge is -2.04. The summed E-state index contributed by atoms with van der Waals surface area (Å²) < 4.78 is 4.54. The Morgan fingerprint density at radius 3 is 2.80 bits per heavy atom. The molecule has 0 heterocycles. The first kappa shape index (κ1) is 8.96. The van der Waals surface area contributed by atoms with Crippen molar-refractivity contribution in [1.29, 1.82) is 5.26 Å². The van der Waals surface area contributed by atoms with Gasteiger partial charge in [-0.25, -0.2) is 0 Å². The maximum atomic E-state index is 10.8. The number of rotatable bonds is 3. The molecule has 3 nitrogen and oxygen atoms in total. The van der Waals surface area contributed by atoms with E-state index in [0.717, 1.165) is 6.42 Å². The Kier molecular flexibility index (Phi) is 4.30. The monoisotopic (exact) mass is 141 g/mol. The summed E-state index contributed by atoms with van der Waals surface area (Å²) in [6.45, 7) is 3.54. The fraction of sp³-hybridized carbons (Fsp3) is 0.714. The van der Waals surface area contributed by atoms with Crippen LogP contribution < -0.4 is 0 Å². The second-order valence-corrected chi connectivity index (χ2v) is 2.08. The van der Waals surface area contributed by atoms with Crippen LogP contribution in [-0.2, 0) is 9.53 Å². The molecule has 3 heteroatoms. The van der Waals surface area contributed by atoms with E-state index in [-0.39, 0.29) is 18.5 Å². The van der Waals surface area contributed by atoms with E-state index in [2.05, 4.69) is 4.74 Å². The lowest BCUT2D eigenvalue weighted by Crippen LogP contribution is -2.13. The number of esters is 1. The zero-order chi connectivity index (χ0) is 7.98. The van der Waals surface area contributed by atoms with Crippen LogP contribution in [0, 0.1) is 17.2 Å². The molecular weight excluding hydrogens is 130 g/mol. The Bertz CT molecular complexity index is 148. The van der Waals surface area contributed by atoms with Gasteiger partial charge in [-0.05, 0) is 6.42 Å². The predicted molar refractivity (Wildman–Crippen MR) is 36.0 cm³/mol. The quantitative estimate of drug-likeness (QED) is 0.553. The highest BCUT2D eigenvalue weighted by Crippen LogP contribution is 2.01. The Morgan fingerprint density at radius 1 is 1.80 bits per heavy atom. The van der Waals surface area contributed by atoms with Gasteiger partial charge in [-0.15, -0.1) is 0 Å². The third kappa shape index (κ3) is 3.08. The summed E-state index contributed by atoms with van der Waals surface area (Å²) in [6, 6.07) is 1.73. The van der Waals surface area contributed by atoms with Gasteiger partial charge in [0.05, 0.1) is 5.92 Å². The summed E-state index contributed by atoms with van der Waals surface area (Å²) in [6.07, 6.45) is 0.754. The molecule has 0 amide bonds. The molecule has 0 saturated carbocycles. The van der Waals surface area contributed by atoms with Gasteiger partial charge in [0.15, 0.2) is 6.61 Å².